The van der Waals surface area contributed by atoms with Crippen molar-refractivity contribution >= 4 is 17.8 Å². The number of hydrogen-bond acceptors (Lipinski definition) is 4. The van der Waals surface area contributed by atoms with Gasteiger partial charge in [-0.3, -0.25) is 4.79 Å². The van der Waals surface area contributed by atoms with Gasteiger partial charge < -0.3 is 5.11 Å². The molecule has 0 aliphatic carbocycles. The summed E-state index contributed by atoms with van der Waals surface area (Å²) in [5.41, 5.74) is -1.01. The molecule has 1 aromatic heterocycles. The number of nitrogens with zero attached hydrogens (tertiary/aromatic N) is 1. The van der Waals surface area contributed by atoms with Crippen LogP contribution in [0.3, 0.4) is 0 Å². The number of carbonyl (C=O) groups excluding carboxylic acids is 1. The SMILES string of the molecule is CC(O)(C=O)c1ccsn1. The van der Waals surface area contributed by atoms with E-state index in [1.54, 1.807) is 11.4 Å². The fourth-order valence-electron chi connectivity index (χ4n) is 0.534. The highest BCUT2D eigenvalue weighted by Crippen LogP contribution is 2.16. The fraction of sp³-hybridized carbons (Fsp3) is 0.333. The molecule has 1 aromatic rings. The third kappa shape index (κ3) is 1.22. The fourth-order valence-corrected chi connectivity index (χ4v) is 1.14. The van der Waals surface area contributed by atoms with E-state index in [9.17, 15) is 9.90 Å². The molecule has 10 heavy (non-hydrogen) atoms. The Kier molecular flexibility index (Phi) is 1.82. The van der Waals surface area contributed by atoms with Crippen LogP contribution < -0.4 is 0 Å². The molecule has 0 aromatic carbocycles. The first-order chi connectivity index (χ1) is 4.67. The van der Waals surface area contributed by atoms with E-state index in [1.165, 1.54) is 18.5 Å². The van der Waals surface area contributed by atoms with Crippen molar-refractivity contribution < 1.29 is 9.90 Å². The monoisotopic (exact) mass is 157 g/mol. The van der Waals surface area contributed by atoms with E-state index >= 15 is 0 Å². The van der Waals surface area contributed by atoms with Gasteiger partial charge in [0, 0.05) is 5.38 Å². The maximum atomic E-state index is 10.2. The molecule has 1 unspecified atom stereocenters. The van der Waals surface area contributed by atoms with Crippen LogP contribution in [-0.4, -0.2) is 15.8 Å². The lowest BCUT2D eigenvalue weighted by Crippen LogP contribution is -2.22. The minimum atomic E-state index is -1.42. The normalized spacial score (nSPS) is 16.2. The zero-order chi connectivity index (χ0) is 7.61. The molecule has 54 valence electrons. The second-order valence-corrected chi connectivity index (χ2v) is 2.82. The average Bonchev–Trinajstić information content (AvgIpc) is 2.38. The third-order valence-corrected chi connectivity index (χ3v) is 1.75. The van der Waals surface area contributed by atoms with Gasteiger partial charge in [0.1, 0.15) is 0 Å². The van der Waals surface area contributed by atoms with Crippen molar-refractivity contribution in [1.29, 1.82) is 0 Å². The molecule has 1 atom stereocenters. The van der Waals surface area contributed by atoms with Gasteiger partial charge >= 0.3 is 0 Å². The molecule has 3 nitrogen and oxygen atoms in total. The summed E-state index contributed by atoms with van der Waals surface area (Å²) in [5, 5.41) is 11.0. The Morgan fingerprint density at radius 2 is 2.60 bits per heavy atom. The van der Waals surface area contributed by atoms with Gasteiger partial charge in [-0.15, -0.1) is 0 Å². The van der Waals surface area contributed by atoms with E-state index < -0.39 is 5.60 Å². The summed E-state index contributed by atoms with van der Waals surface area (Å²) in [6.07, 6.45) is 0.474. The quantitative estimate of drug-likeness (QED) is 0.638. The number of carbonyl (C=O) groups is 1. The highest BCUT2D eigenvalue weighted by molar-refractivity contribution is 7.03. The molecule has 0 bridgehead atoms. The first kappa shape index (κ1) is 7.37. The van der Waals surface area contributed by atoms with Gasteiger partial charge in [0.05, 0.1) is 5.69 Å². The van der Waals surface area contributed by atoms with Crippen LogP contribution in [-0.2, 0) is 10.4 Å². The summed E-state index contributed by atoms with van der Waals surface area (Å²) in [4.78, 5) is 10.2. The van der Waals surface area contributed by atoms with Crippen LogP contribution in [0.4, 0.5) is 0 Å². The molecule has 0 radical (unpaired) electrons. The second-order valence-electron chi connectivity index (χ2n) is 2.15. The van der Waals surface area contributed by atoms with Crippen LogP contribution >= 0.6 is 11.5 Å². The maximum Gasteiger partial charge on any atom is 0.159 e. The Hall–Kier alpha value is -0.740. The summed E-state index contributed by atoms with van der Waals surface area (Å²) >= 11 is 1.21. The van der Waals surface area contributed by atoms with E-state index in [0.29, 0.717) is 12.0 Å². The van der Waals surface area contributed by atoms with E-state index in [-0.39, 0.29) is 0 Å². The number of aliphatic hydroxyl groups is 1. The maximum absolute atomic E-state index is 10.2. The molecule has 1 rings (SSSR count). The standard InChI is InChI=1S/C6H7NO2S/c1-6(9,4-8)5-2-3-10-7-5/h2-4,9H,1H3. The van der Waals surface area contributed by atoms with Crippen LogP contribution in [0.5, 0.6) is 0 Å². The smallest absolute Gasteiger partial charge is 0.159 e. The molecular weight excluding hydrogens is 150 g/mol. The van der Waals surface area contributed by atoms with Crippen molar-refractivity contribution in [2.24, 2.45) is 0 Å². The van der Waals surface area contributed by atoms with E-state index in [0.717, 1.165) is 0 Å². The van der Waals surface area contributed by atoms with Crippen LogP contribution in [0.25, 0.3) is 0 Å². The molecule has 0 amide bonds. The Bertz CT molecular complexity index is 218. The summed E-state index contributed by atoms with van der Waals surface area (Å²) in [5.74, 6) is 0. The minimum absolute atomic E-state index is 0.410. The molecule has 0 saturated carbocycles. The highest BCUT2D eigenvalue weighted by atomic mass is 32.1. The van der Waals surface area contributed by atoms with Crippen molar-refractivity contribution in [3.63, 3.8) is 0 Å². The van der Waals surface area contributed by atoms with E-state index in [2.05, 4.69) is 4.37 Å². The molecule has 1 heterocycles. The molecule has 1 N–H and O–H groups in total. The van der Waals surface area contributed by atoms with Crippen LogP contribution in [0.2, 0.25) is 0 Å². The van der Waals surface area contributed by atoms with Crippen LogP contribution in [0.15, 0.2) is 11.4 Å². The summed E-state index contributed by atoms with van der Waals surface area (Å²) < 4.78 is 3.82. The van der Waals surface area contributed by atoms with Gasteiger partial charge in [0.15, 0.2) is 11.9 Å². The van der Waals surface area contributed by atoms with E-state index in [1.807, 2.05) is 0 Å². The highest BCUT2D eigenvalue weighted by Gasteiger charge is 2.23. The van der Waals surface area contributed by atoms with Crippen LogP contribution in [0, 0.1) is 0 Å². The number of aromatic nitrogens is 1. The van der Waals surface area contributed by atoms with Gasteiger partial charge in [-0.25, -0.2) is 0 Å². The summed E-state index contributed by atoms with van der Waals surface area (Å²) in [6.45, 7) is 1.41. The van der Waals surface area contributed by atoms with Crippen LogP contribution in [0.1, 0.15) is 12.6 Å². The summed E-state index contributed by atoms with van der Waals surface area (Å²) in [6, 6.07) is 1.62. The van der Waals surface area contributed by atoms with Crippen molar-refractivity contribution in [2.45, 2.75) is 12.5 Å². The Labute approximate surface area is 62.5 Å². The van der Waals surface area contributed by atoms with Crippen molar-refractivity contribution in [1.82, 2.24) is 4.37 Å². The predicted octanol–water partition coefficient (Wildman–Crippen LogP) is 0.549. The molecule has 0 aliphatic heterocycles. The van der Waals surface area contributed by atoms with Gasteiger partial charge in [0.2, 0.25) is 0 Å². The second kappa shape index (κ2) is 2.48. The Morgan fingerprint density at radius 3 is 3.00 bits per heavy atom. The molecule has 0 fully saturated rings. The average molecular weight is 157 g/mol. The summed E-state index contributed by atoms with van der Waals surface area (Å²) in [7, 11) is 0. The Morgan fingerprint density at radius 1 is 1.90 bits per heavy atom. The van der Waals surface area contributed by atoms with Crippen molar-refractivity contribution in [2.75, 3.05) is 0 Å². The topological polar surface area (TPSA) is 50.2 Å². The van der Waals surface area contributed by atoms with Gasteiger partial charge in [-0.1, -0.05) is 0 Å². The molecule has 0 aliphatic rings. The lowest BCUT2D eigenvalue weighted by molar-refractivity contribution is -0.123. The van der Waals surface area contributed by atoms with Gasteiger partial charge in [-0.2, -0.15) is 4.37 Å². The third-order valence-electron chi connectivity index (χ3n) is 1.19. The first-order valence-electron chi connectivity index (χ1n) is 2.76. The molecule has 0 spiro atoms. The lowest BCUT2D eigenvalue weighted by Gasteiger charge is -2.10. The lowest BCUT2D eigenvalue weighted by atomic mass is 10.1. The zero-order valence-corrected chi connectivity index (χ0v) is 6.26. The van der Waals surface area contributed by atoms with Crippen molar-refractivity contribution in [3.05, 3.63) is 17.1 Å². The predicted molar refractivity (Wildman–Crippen MR) is 37.7 cm³/mol. The first-order valence-corrected chi connectivity index (χ1v) is 3.60. The van der Waals surface area contributed by atoms with Crippen molar-refractivity contribution in [3.8, 4) is 0 Å². The number of aldehydes is 1. The van der Waals surface area contributed by atoms with E-state index in [4.69, 9.17) is 0 Å². The largest absolute Gasteiger partial charge is 0.376 e. The molecule has 4 heteroatoms. The molecular formula is C6H7NO2S. The van der Waals surface area contributed by atoms with Gasteiger partial charge in [-0.05, 0) is 24.5 Å². The number of hydrogen-bond donors (Lipinski definition) is 1. The molecule has 0 saturated heterocycles. The Balaban J connectivity index is 2.95. The minimum Gasteiger partial charge on any atom is -0.376 e. The number of rotatable bonds is 2. The van der Waals surface area contributed by atoms with Gasteiger partial charge in [0.25, 0.3) is 0 Å². The zero-order valence-electron chi connectivity index (χ0n) is 5.44.